The number of fused-ring (bicyclic) bond motifs is 1. The first-order chi connectivity index (χ1) is 12.5. The van der Waals surface area contributed by atoms with Gasteiger partial charge in [-0.3, -0.25) is 14.6 Å². The second kappa shape index (κ2) is 8.65. The lowest BCUT2D eigenvalue weighted by Gasteiger charge is -2.49. The number of carbonyl (C=O) groups excluding carboxylic acids is 1. The van der Waals surface area contributed by atoms with Crippen molar-refractivity contribution in [2.75, 3.05) is 33.2 Å². The normalized spacial score (nSPS) is 32.3. The van der Waals surface area contributed by atoms with Crippen LogP contribution in [0.1, 0.15) is 32.6 Å². The number of amides is 1. The summed E-state index contributed by atoms with van der Waals surface area (Å²) in [5.41, 5.74) is 0. The van der Waals surface area contributed by atoms with Gasteiger partial charge in [0.15, 0.2) is 0 Å². The van der Waals surface area contributed by atoms with Crippen molar-refractivity contribution in [2.45, 2.75) is 63.0 Å². The van der Waals surface area contributed by atoms with Crippen molar-refractivity contribution >= 4 is 5.91 Å². The van der Waals surface area contributed by atoms with Gasteiger partial charge >= 0.3 is 0 Å². The van der Waals surface area contributed by atoms with Crippen LogP contribution in [0.4, 0.5) is 0 Å². The van der Waals surface area contributed by atoms with Gasteiger partial charge in [-0.15, -0.1) is 0 Å². The van der Waals surface area contributed by atoms with Gasteiger partial charge in [-0.1, -0.05) is 12.7 Å². The van der Waals surface area contributed by atoms with Gasteiger partial charge in [-0.2, -0.15) is 0 Å². The number of aliphatic hydroxyl groups is 1. The molecule has 0 aromatic carbocycles. The Labute approximate surface area is 157 Å². The van der Waals surface area contributed by atoms with Gasteiger partial charge < -0.3 is 15.3 Å². The standard InChI is InChI=1S/C20H34N4O2/c1-4-19(25)23-12-10-17-18(23)14-24(17)15(2)7-5-9-20(26)22-11-6-8-16(13-22)21-3/h4-5,9,15-18,20-21,26H,1,6-8,10-14H2,2-3H3/b9-5+. The van der Waals surface area contributed by atoms with E-state index >= 15 is 0 Å². The monoisotopic (exact) mass is 362 g/mol. The molecule has 2 N–H and O–H groups in total. The third-order valence-corrected chi connectivity index (χ3v) is 6.38. The summed E-state index contributed by atoms with van der Waals surface area (Å²) >= 11 is 0. The number of nitrogens with one attached hydrogen (secondary N) is 1. The number of carbonyl (C=O) groups is 1. The van der Waals surface area contributed by atoms with Crippen LogP contribution in [-0.2, 0) is 4.79 Å². The Balaban J connectivity index is 1.43. The van der Waals surface area contributed by atoms with Gasteiger partial charge in [0.2, 0.25) is 5.91 Å². The maximum Gasteiger partial charge on any atom is 0.246 e. The maximum absolute atomic E-state index is 11.9. The van der Waals surface area contributed by atoms with Gasteiger partial charge in [0, 0.05) is 44.3 Å². The molecule has 3 rings (SSSR count). The van der Waals surface area contributed by atoms with E-state index in [0.29, 0.717) is 24.2 Å². The van der Waals surface area contributed by atoms with Gasteiger partial charge in [0.1, 0.15) is 6.23 Å². The Kier molecular flexibility index (Phi) is 6.51. The van der Waals surface area contributed by atoms with Crippen LogP contribution in [0, 0.1) is 0 Å². The Hall–Kier alpha value is -1.21. The lowest BCUT2D eigenvalue weighted by Crippen LogP contribution is -2.64. The highest BCUT2D eigenvalue weighted by molar-refractivity contribution is 5.87. The molecule has 0 aromatic rings. The number of piperidine rings is 1. The van der Waals surface area contributed by atoms with Crippen molar-refractivity contribution in [1.82, 2.24) is 20.0 Å². The predicted octanol–water partition coefficient (Wildman–Crippen LogP) is 0.795. The maximum atomic E-state index is 11.9. The summed E-state index contributed by atoms with van der Waals surface area (Å²) in [5, 5.41) is 13.7. The van der Waals surface area contributed by atoms with Crippen molar-refractivity contribution in [3.63, 3.8) is 0 Å². The van der Waals surface area contributed by atoms with Crippen LogP contribution < -0.4 is 5.32 Å². The fraction of sp³-hybridized carbons (Fsp3) is 0.750. The van der Waals surface area contributed by atoms with Crippen molar-refractivity contribution in [2.24, 2.45) is 0 Å². The lowest BCUT2D eigenvalue weighted by atomic mass is 9.93. The van der Waals surface area contributed by atoms with E-state index in [4.69, 9.17) is 0 Å². The molecular formula is C20H34N4O2. The van der Waals surface area contributed by atoms with E-state index in [0.717, 1.165) is 45.4 Å². The molecule has 6 heteroatoms. The SMILES string of the molecule is C=CC(=O)N1CCC2C1CN2C(C)C/C=C/C(O)N1CCCC(NC)C1. The molecule has 0 bridgehead atoms. The first-order valence-corrected chi connectivity index (χ1v) is 10.00. The Morgan fingerprint density at radius 3 is 2.85 bits per heavy atom. The first kappa shape index (κ1) is 19.5. The molecule has 3 fully saturated rings. The van der Waals surface area contributed by atoms with Crippen LogP contribution in [-0.4, -0.2) is 89.3 Å². The van der Waals surface area contributed by atoms with Crippen LogP contribution in [0.2, 0.25) is 0 Å². The molecule has 0 radical (unpaired) electrons. The summed E-state index contributed by atoms with van der Waals surface area (Å²) in [6.45, 7) is 9.51. The Bertz CT molecular complexity index is 538. The van der Waals surface area contributed by atoms with E-state index in [-0.39, 0.29) is 5.91 Å². The molecule has 1 amide bonds. The third-order valence-electron chi connectivity index (χ3n) is 6.38. The number of nitrogens with zero attached hydrogens (tertiary/aromatic N) is 3. The highest BCUT2D eigenvalue weighted by Crippen LogP contribution is 2.34. The van der Waals surface area contributed by atoms with Crippen LogP contribution in [0.15, 0.2) is 24.8 Å². The zero-order valence-corrected chi connectivity index (χ0v) is 16.2. The van der Waals surface area contributed by atoms with Crippen molar-refractivity contribution in [3.05, 3.63) is 24.8 Å². The highest BCUT2D eigenvalue weighted by Gasteiger charge is 2.49. The lowest BCUT2D eigenvalue weighted by molar-refractivity contribution is -0.130. The second-order valence-corrected chi connectivity index (χ2v) is 7.91. The molecule has 0 spiro atoms. The molecule has 146 valence electrons. The zero-order valence-electron chi connectivity index (χ0n) is 16.2. The number of likely N-dealkylation sites (tertiary alicyclic amines) is 3. The van der Waals surface area contributed by atoms with E-state index in [1.807, 2.05) is 18.0 Å². The summed E-state index contributed by atoms with van der Waals surface area (Å²) in [4.78, 5) is 18.5. The number of likely N-dealkylation sites (N-methyl/N-ethyl adjacent to an activating group) is 1. The third kappa shape index (κ3) is 4.03. The van der Waals surface area contributed by atoms with Crippen LogP contribution in [0.5, 0.6) is 0 Å². The average molecular weight is 363 g/mol. The predicted molar refractivity (Wildman–Crippen MR) is 104 cm³/mol. The molecule has 3 heterocycles. The Morgan fingerprint density at radius 2 is 2.12 bits per heavy atom. The molecular weight excluding hydrogens is 328 g/mol. The molecule has 0 aliphatic carbocycles. The summed E-state index contributed by atoms with van der Waals surface area (Å²) < 4.78 is 0. The summed E-state index contributed by atoms with van der Waals surface area (Å²) in [6.07, 6.45) is 9.29. The molecule has 26 heavy (non-hydrogen) atoms. The summed E-state index contributed by atoms with van der Waals surface area (Å²) in [6, 6.07) is 1.77. The zero-order chi connectivity index (χ0) is 18.7. The largest absolute Gasteiger partial charge is 0.375 e. The minimum Gasteiger partial charge on any atom is -0.375 e. The minimum atomic E-state index is -0.491. The van der Waals surface area contributed by atoms with Gasteiger partial charge in [0.25, 0.3) is 0 Å². The van der Waals surface area contributed by atoms with Crippen molar-refractivity contribution in [3.8, 4) is 0 Å². The van der Waals surface area contributed by atoms with Crippen molar-refractivity contribution < 1.29 is 9.90 Å². The van der Waals surface area contributed by atoms with Crippen LogP contribution >= 0.6 is 0 Å². The van der Waals surface area contributed by atoms with Gasteiger partial charge in [-0.25, -0.2) is 0 Å². The van der Waals surface area contributed by atoms with E-state index in [1.54, 1.807) is 0 Å². The van der Waals surface area contributed by atoms with E-state index < -0.39 is 6.23 Å². The summed E-state index contributed by atoms with van der Waals surface area (Å²) in [5.74, 6) is 0.0641. The number of aliphatic hydroxyl groups excluding tert-OH is 1. The van der Waals surface area contributed by atoms with E-state index in [2.05, 4.69) is 34.7 Å². The molecule has 3 aliphatic heterocycles. The van der Waals surface area contributed by atoms with Crippen molar-refractivity contribution in [1.29, 1.82) is 0 Å². The number of hydrogen-bond donors (Lipinski definition) is 2. The number of hydrogen-bond acceptors (Lipinski definition) is 5. The smallest absolute Gasteiger partial charge is 0.246 e. The molecule has 3 aliphatic rings. The first-order valence-electron chi connectivity index (χ1n) is 10.00. The molecule has 5 unspecified atom stereocenters. The average Bonchev–Trinajstić information content (AvgIpc) is 2.97. The molecule has 3 saturated heterocycles. The number of rotatable bonds is 7. The fourth-order valence-electron chi connectivity index (χ4n) is 4.69. The second-order valence-electron chi connectivity index (χ2n) is 7.91. The quantitative estimate of drug-likeness (QED) is 0.518. The van der Waals surface area contributed by atoms with E-state index in [9.17, 15) is 9.90 Å². The highest BCUT2D eigenvalue weighted by atomic mass is 16.3. The molecule has 6 nitrogen and oxygen atoms in total. The summed E-state index contributed by atoms with van der Waals surface area (Å²) in [7, 11) is 1.99. The Morgan fingerprint density at radius 1 is 1.31 bits per heavy atom. The fourth-order valence-corrected chi connectivity index (χ4v) is 4.69. The van der Waals surface area contributed by atoms with Gasteiger partial charge in [0.05, 0.1) is 6.04 Å². The van der Waals surface area contributed by atoms with E-state index in [1.165, 1.54) is 12.5 Å². The van der Waals surface area contributed by atoms with Gasteiger partial charge in [-0.05, 0) is 51.8 Å². The molecule has 0 aromatic heterocycles. The minimum absolute atomic E-state index is 0.0641. The molecule has 5 atom stereocenters. The van der Waals surface area contributed by atoms with Crippen LogP contribution in [0.3, 0.4) is 0 Å². The topological polar surface area (TPSA) is 59.1 Å². The van der Waals surface area contributed by atoms with Crippen LogP contribution in [0.25, 0.3) is 0 Å². The molecule has 0 saturated carbocycles.